The summed E-state index contributed by atoms with van der Waals surface area (Å²) in [4.78, 5) is 0. The Balaban J connectivity index is 1.54. The maximum atomic E-state index is 1.59. The van der Waals surface area contributed by atoms with Crippen LogP contribution in [-0.4, -0.2) is 11.3 Å². The van der Waals surface area contributed by atoms with Crippen molar-refractivity contribution in [1.29, 1.82) is 0 Å². The van der Waals surface area contributed by atoms with Gasteiger partial charge in [-0.05, 0) is 32.1 Å². The molecule has 58 valence electrons. The molecule has 10 heavy (non-hydrogen) atoms. The van der Waals surface area contributed by atoms with Gasteiger partial charge < -0.3 is 0 Å². The zero-order valence-corrected chi connectivity index (χ0v) is 8.63. The number of hydrogen-bond acceptors (Lipinski definition) is 0. The van der Waals surface area contributed by atoms with E-state index in [1.807, 2.05) is 0 Å². The number of hydrogen-bond donors (Lipinski definition) is 0. The van der Waals surface area contributed by atoms with E-state index in [-0.39, 0.29) is 0 Å². The van der Waals surface area contributed by atoms with Gasteiger partial charge in [0.2, 0.25) is 0 Å². The second kappa shape index (κ2) is 3.51. The zero-order chi connectivity index (χ0) is 6.81. The van der Waals surface area contributed by atoms with E-state index in [0.717, 1.165) is 8.27 Å². The maximum absolute atomic E-state index is 1.59. The van der Waals surface area contributed by atoms with Crippen molar-refractivity contribution < 1.29 is 0 Å². The van der Waals surface area contributed by atoms with Gasteiger partial charge in [-0.25, -0.2) is 0 Å². The van der Waals surface area contributed by atoms with Crippen LogP contribution < -0.4 is 0 Å². The molecule has 0 radical (unpaired) electrons. The molecule has 0 spiro atoms. The highest BCUT2D eigenvalue weighted by Gasteiger charge is 2.26. The lowest BCUT2D eigenvalue weighted by Crippen LogP contribution is -2.13. The lowest BCUT2D eigenvalue weighted by Gasteiger charge is -2.26. The summed E-state index contributed by atoms with van der Waals surface area (Å²) in [6, 6.07) is 0. The molecule has 0 saturated heterocycles. The molecule has 0 aliphatic heterocycles. The van der Waals surface area contributed by atoms with Gasteiger partial charge in [0.05, 0.1) is 5.66 Å². The molecule has 0 aromatic carbocycles. The Labute approximate surface area is 67.0 Å². The highest BCUT2D eigenvalue weighted by Crippen LogP contribution is 2.55. The minimum Gasteiger partial charge on any atom is -0.0519 e. The fourth-order valence-electron chi connectivity index (χ4n) is 1.45. The predicted octanol–water partition coefficient (Wildman–Crippen LogP) is 3.10. The first-order chi connectivity index (χ1) is 4.95. The van der Waals surface area contributed by atoms with Crippen LogP contribution in [0.1, 0.15) is 38.5 Å². The molecule has 2 aliphatic carbocycles. The lowest BCUT2D eigenvalue weighted by molar-refractivity contribution is 0.515. The summed E-state index contributed by atoms with van der Waals surface area (Å²) >= 11 is 0. The van der Waals surface area contributed by atoms with Crippen LogP contribution in [0.15, 0.2) is 0 Å². The van der Waals surface area contributed by atoms with Crippen LogP contribution in [0.5, 0.6) is 0 Å². The monoisotopic (exact) mass is 175 g/mol. The number of rotatable bonds is 3. The first-order valence-corrected chi connectivity index (χ1v) is 8.10. The van der Waals surface area contributed by atoms with Crippen molar-refractivity contribution in [3.63, 3.8) is 0 Å². The van der Waals surface area contributed by atoms with Gasteiger partial charge in [0.1, 0.15) is 0 Å². The third-order valence-corrected chi connectivity index (χ3v) is 8.61. The van der Waals surface area contributed by atoms with Gasteiger partial charge in [-0.1, -0.05) is 6.42 Å². The predicted molar refractivity (Wildman–Crippen MR) is 53.3 cm³/mol. The Hall–Kier alpha value is 0.860. The average Bonchev–Trinajstić information content (AvgIpc) is 1.70. The summed E-state index contributed by atoms with van der Waals surface area (Å²) in [7, 11) is 2.32. The van der Waals surface area contributed by atoms with Crippen LogP contribution in [-0.2, 0) is 0 Å². The van der Waals surface area contributed by atoms with Gasteiger partial charge in [-0.15, -0.1) is 0 Å². The summed E-state index contributed by atoms with van der Waals surface area (Å²) in [5.41, 5.74) is 2.47. The van der Waals surface area contributed by atoms with Crippen molar-refractivity contribution in [2.75, 3.05) is 0 Å². The molecule has 2 fully saturated rings. The van der Waals surface area contributed by atoms with E-state index < -0.39 is 0 Å². The topological polar surface area (TPSA) is 0 Å². The summed E-state index contributed by atoms with van der Waals surface area (Å²) in [5.74, 6) is 0. The molecule has 0 aromatic rings. The molecule has 0 bridgehead atoms. The Bertz CT molecular complexity index is 91.8. The summed E-state index contributed by atoms with van der Waals surface area (Å²) in [6.45, 7) is 0. The van der Waals surface area contributed by atoms with Gasteiger partial charge in [-0.3, -0.25) is 0 Å². The standard InChI is InChI=1S/C8H16P2/c1-3-7(4-1)9-10-8-5-2-6-8/h7-10H,1-6H2/p+1. The molecule has 2 unspecified atom stereocenters. The average molecular weight is 175 g/mol. The van der Waals surface area contributed by atoms with E-state index in [1.54, 1.807) is 38.5 Å². The molecule has 2 saturated carbocycles. The second-order valence-corrected chi connectivity index (χ2v) is 8.08. The molecule has 2 heteroatoms. The van der Waals surface area contributed by atoms with Crippen molar-refractivity contribution >= 4 is 16.5 Å². The zero-order valence-electron chi connectivity index (χ0n) is 6.47. The SMILES string of the molecule is C1CC(P[PH2+]C2CCC2)C1. The molecule has 0 nitrogen and oxygen atoms in total. The molecule has 0 amide bonds. The Morgan fingerprint density at radius 2 is 1.70 bits per heavy atom. The molecule has 0 N–H and O–H groups in total. The van der Waals surface area contributed by atoms with Gasteiger partial charge in [-0.2, -0.15) is 0 Å². The van der Waals surface area contributed by atoms with Gasteiger partial charge in [0.25, 0.3) is 0 Å². The fraction of sp³-hybridized carbons (Fsp3) is 1.00. The van der Waals surface area contributed by atoms with E-state index in [2.05, 4.69) is 0 Å². The van der Waals surface area contributed by atoms with E-state index >= 15 is 0 Å². The first kappa shape index (κ1) is 7.51. The molecular weight excluding hydrogens is 158 g/mol. The minimum atomic E-state index is 0.901. The normalized spacial score (nSPS) is 30.0. The van der Waals surface area contributed by atoms with Crippen LogP contribution >= 0.6 is 16.5 Å². The van der Waals surface area contributed by atoms with Crippen LogP contribution in [0.2, 0.25) is 0 Å². The van der Waals surface area contributed by atoms with Gasteiger partial charge >= 0.3 is 0 Å². The van der Waals surface area contributed by atoms with Gasteiger partial charge in [0.15, 0.2) is 0 Å². The van der Waals surface area contributed by atoms with Crippen LogP contribution in [0, 0.1) is 0 Å². The summed E-state index contributed by atoms with van der Waals surface area (Å²) in [5, 5.41) is 0. The second-order valence-electron chi connectivity index (χ2n) is 3.65. The first-order valence-electron chi connectivity index (χ1n) is 4.54. The third-order valence-electron chi connectivity index (χ3n) is 2.82. The van der Waals surface area contributed by atoms with E-state index in [1.165, 1.54) is 19.6 Å². The largest absolute Gasteiger partial charge is 0.0672 e. The van der Waals surface area contributed by atoms with Crippen LogP contribution in [0.4, 0.5) is 0 Å². The van der Waals surface area contributed by atoms with Crippen molar-refractivity contribution in [2.45, 2.75) is 49.8 Å². The van der Waals surface area contributed by atoms with E-state index in [4.69, 9.17) is 0 Å². The van der Waals surface area contributed by atoms with E-state index in [0.29, 0.717) is 0 Å². The molecule has 2 atom stereocenters. The molecule has 2 aliphatic rings. The van der Waals surface area contributed by atoms with Crippen LogP contribution in [0.25, 0.3) is 0 Å². The fourth-order valence-corrected chi connectivity index (χ4v) is 7.18. The van der Waals surface area contributed by atoms with Crippen molar-refractivity contribution in [2.24, 2.45) is 0 Å². The van der Waals surface area contributed by atoms with Crippen molar-refractivity contribution in [3.8, 4) is 0 Å². The van der Waals surface area contributed by atoms with Gasteiger partial charge in [0, 0.05) is 22.2 Å². The van der Waals surface area contributed by atoms with Crippen molar-refractivity contribution in [1.82, 2.24) is 0 Å². The highest BCUT2D eigenvalue weighted by atomic mass is 32.0. The Morgan fingerprint density at radius 3 is 2.10 bits per heavy atom. The minimum absolute atomic E-state index is 0.901. The Morgan fingerprint density at radius 1 is 1.00 bits per heavy atom. The molecule has 0 aromatic heterocycles. The lowest BCUT2D eigenvalue weighted by atomic mass is 10.00. The third kappa shape index (κ3) is 1.72. The maximum Gasteiger partial charge on any atom is 0.0672 e. The molecule has 2 rings (SSSR count). The van der Waals surface area contributed by atoms with E-state index in [9.17, 15) is 0 Å². The van der Waals surface area contributed by atoms with Crippen LogP contribution in [0.3, 0.4) is 0 Å². The highest BCUT2D eigenvalue weighted by molar-refractivity contribution is 8.12. The summed E-state index contributed by atoms with van der Waals surface area (Å²) < 4.78 is 0. The summed E-state index contributed by atoms with van der Waals surface area (Å²) in [6.07, 6.45) is 9.44. The molecule has 0 heterocycles. The Kier molecular flexibility index (Phi) is 2.63. The van der Waals surface area contributed by atoms with Crippen molar-refractivity contribution in [3.05, 3.63) is 0 Å². The molecular formula is C8H17P2+. The quantitative estimate of drug-likeness (QED) is 0.578. The smallest absolute Gasteiger partial charge is 0.0519 e.